The molecule has 124 valence electrons. The summed E-state index contributed by atoms with van der Waals surface area (Å²) in [6, 6.07) is 7.07. The number of carbonyl (C=O) groups is 2. The van der Waals surface area contributed by atoms with Gasteiger partial charge < -0.3 is 20.3 Å². The van der Waals surface area contributed by atoms with Crippen LogP contribution in [0.25, 0.3) is 0 Å². The molecule has 1 fully saturated rings. The van der Waals surface area contributed by atoms with Crippen LogP contribution in [-0.2, 0) is 9.53 Å². The Morgan fingerprint density at radius 2 is 1.96 bits per heavy atom. The van der Waals surface area contributed by atoms with Crippen LogP contribution in [0.5, 0.6) is 0 Å². The second kappa shape index (κ2) is 8.03. The highest BCUT2D eigenvalue weighted by Gasteiger charge is 2.18. The first-order chi connectivity index (χ1) is 11.0. The maximum atomic E-state index is 12.4. The van der Waals surface area contributed by atoms with Crippen LogP contribution in [0.4, 0.5) is 5.69 Å². The van der Waals surface area contributed by atoms with Crippen molar-refractivity contribution in [3.05, 3.63) is 29.8 Å². The van der Waals surface area contributed by atoms with E-state index < -0.39 is 0 Å². The molecule has 2 N–H and O–H groups in total. The molecule has 2 amide bonds. The predicted octanol–water partition coefficient (Wildman–Crippen LogP) is 1.63. The van der Waals surface area contributed by atoms with Gasteiger partial charge in [-0.05, 0) is 30.4 Å². The maximum absolute atomic E-state index is 12.4. The van der Waals surface area contributed by atoms with E-state index in [1.807, 2.05) is 0 Å². The summed E-state index contributed by atoms with van der Waals surface area (Å²) in [6.07, 6.45) is 0. The number of morpholine rings is 1. The lowest BCUT2D eigenvalue weighted by molar-refractivity contribution is -0.122. The van der Waals surface area contributed by atoms with E-state index in [0.29, 0.717) is 37.6 Å². The highest BCUT2D eigenvalue weighted by atomic mass is 32.1. The van der Waals surface area contributed by atoms with Gasteiger partial charge in [0, 0.05) is 30.3 Å². The van der Waals surface area contributed by atoms with Crippen LogP contribution in [0.1, 0.15) is 24.2 Å². The van der Waals surface area contributed by atoms with Crippen molar-refractivity contribution in [1.82, 2.24) is 10.2 Å². The van der Waals surface area contributed by atoms with Crippen molar-refractivity contribution in [2.75, 3.05) is 31.6 Å². The van der Waals surface area contributed by atoms with Crippen molar-refractivity contribution < 1.29 is 14.3 Å². The Hall–Kier alpha value is -1.99. The fourth-order valence-corrected chi connectivity index (χ4v) is 2.32. The molecular formula is C16H21N3O3S. The van der Waals surface area contributed by atoms with Crippen LogP contribution < -0.4 is 10.6 Å². The lowest BCUT2D eigenvalue weighted by atomic mass is 10.1. The molecule has 0 unspecified atom stereocenters. The zero-order valence-corrected chi connectivity index (χ0v) is 14.1. The lowest BCUT2D eigenvalue weighted by Gasteiger charge is -2.27. The summed E-state index contributed by atoms with van der Waals surface area (Å²) in [5.74, 6) is -0.332. The van der Waals surface area contributed by atoms with E-state index in [0.717, 1.165) is 0 Å². The Balaban J connectivity index is 2.00. The zero-order valence-electron chi connectivity index (χ0n) is 13.3. The molecule has 0 atom stereocenters. The first-order valence-electron chi connectivity index (χ1n) is 7.56. The van der Waals surface area contributed by atoms with Crippen LogP contribution in [0.15, 0.2) is 24.3 Å². The largest absolute Gasteiger partial charge is 0.378 e. The van der Waals surface area contributed by atoms with Crippen LogP contribution in [0.3, 0.4) is 0 Å². The number of nitrogens with one attached hydrogen (secondary N) is 2. The minimum absolute atomic E-state index is 0.0333. The predicted molar refractivity (Wildman–Crippen MR) is 92.4 cm³/mol. The Kier molecular flexibility index (Phi) is 6.06. The van der Waals surface area contributed by atoms with Gasteiger partial charge in [0.25, 0.3) is 5.91 Å². The van der Waals surface area contributed by atoms with E-state index in [-0.39, 0.29) is 22.8 Å². The van der Waals surface area contributed by atoms with Gasteiger partial charge in [-0.1, -0.05) is 19.9 Å². The molecule has 1 aromatic rings. The monoisotopic (exact) mass is 335 g/mol. The number of benzene rings is 1. The SMILES string of the molecule is CC(C)C(=O)NC(=S)Nc1cccc(C(=O)N2CCOCC2)c1. The molecule has 1 aliphatic heterocycles. The number of anilines is 1. The first kappa shape index (κ1) is 17.4. The molecule has 0 aromatic heterocycles. The molecular weight excluding hydrogens is 314 g/mol. The highest BCUT2D eigenvalue weighted by molar-refractivity contribution is 7.80. The molecule has 0 radical (unpaired) electrons. The molecule has 1 aromatic carbocycles. The van der Waals surface area contributed by atoms with Gasteiger partial charge in [-0.15, -0.1) is 0 Å². The van der Waals surface area contributed by atoms with Crippen molar-refractivity contribution in [3.63, 3.8) is 0 Å². The number of hydrogen-bond donors (Lipinski definition) is 2. The third kappa shape index (κ3) is 5.01. The number of hydrogen-bond acceptors (Lipinski definition) is 4. The maximum Gasteiger partial charge on any atom is 0.254 e. The minimum atomic E-state index is -0.150. The summed E-state index contributed by atoms with van der Waals surface area (Å²) in [7, 11) is 0. The zero-order chi connectivity index (χ0) is 16.8. The van der Waals surface area contributed by atoms with Gasteiger partial charge in [0.2, 0.25) is 5.91 Å². The van der Waals surface area contributed by atoms with Crippen molar-refractivity contribution in [1.29, 1.82) is 0 Å². The van der Waals surface area contributed by atoms with Gasteiger partial charge in [-0.25, -0.2) is 0 Å². The van der Waals surface area contributed by atoms with E-state index in [9.17, 15) is 9.59 Å². The number of nitrogens with zero attached hydrogens (tertiary/aromatic N) is 1. The van der Waals surface area contributed by atoms with Crippen molar-refractivity contribution in [2.45, 2.75) is 13.8 Å². The van der Waals surface area contributed by atoms with Gasteiger partial charge in [0.05, 0.1) is 13.2 Å². The minimum Gasteiger partial charge on any atom is -0.378 e. The van der Waals surface area contributed by atoms with E-state index >= 15 is 0 Å². The average Bonchev–Trinajstić information content (AvgIpc) is 2.55. The van der Waals surface area contributed by atoms with Gasteiger partial charge in [-0.2, -0.15) is 0 Å². The van der Waals surface area contributed by atoms with Gasteiger partial charge in [0.1, 0.15) is 0 Å². The molecule has 0 aliphatic carbocycles. The summed E-state index contributed by atoms with van der Waals surface area (Å²) in [5, 5.41) is 5.76. The van der Waals surface area contributed by atoms with Crippen LogP contribution >= 0.6 is 12.2 Å². The molecule has 1 aliphatic rings. The summed E-state index contributed by atoms with van der Waals surface area (Å²) in [4.78, 5) is 25.8. The summed E-state index contributed by atoms with van der Waals surface area (Å²) in [6.45, 7) is 5.90. The molecule has 23 heavy (non-hydrogen) atoms. The second-order valence-electron chi connectivity index (χ2n) is 5.58. The lowest BCUT2D eigenvalue weighted by Crippen LogP contribution is -2.40. The second-order valence-corrected chi connectivity index (χ2v) is 5.99. The Morgan fingerprint density at radius 1 is 1.26 bits per heavy atom. The van der Waals surface area contributed by atoms with Gasteiger partial charge in [0.15, 0.2) is 5.11 Å². The number of rotatable bonds is 3. The molecule has 6 nitrogen and oxygen atoms in total. The number of ether oxygens (including phenoxy) is 1. The molecule has 1 saturated heterocycles. The van der Waals surface area contributed by atoms with Crippen LogP contribution in [-0.4, -0.2) is 48.1 Å². The molecule has 0 bridgehead atoms. The van der Waals surface area contributed by atoms with E-state index in [1.54, 1.807) is 43.0 Å². The van der Waals surface area contributed by atoms with Gasteiger partial charge >= 0.3 is 0 Å². The third-order valence-electron chi connectivity index (χ3n) is 3.43. The average molecular weight is 335 g/mol. The fraction of sp³-hybridized carbons (Fsp3) is 0.438. The van der Waals surface area contributed by atoms with E-state index in [4.69, 9.17) is 17.0 Å². The fourth-order valence-electron chi connectivity index (χ4n) is 2.10. The molecule has 0 spiro atoms. The molecule has 0 saturated carbocycles. The topological polar surface area (TPSA) is 70.7 Å². The highest BCUT2D eigenvalue weighted by Crippen LogP contribution is 2.14. The van der Waals surface area contributed by atoms with Crippen molar-refractivity contribution >= 4 is 34.8 Å². The van der Waals surface area contributed by atoms with Crippen molar-refractivity contribution in [3.8, 4) is 0 Å². The van der Waals surface area contributed by atoms with Crippen molar-refractivity contribution in [2.24, 2.45) is 5.92 Å². The normalized spacial score (nSPS) is 14.5. The van der Waals surface area contributed by atoms with E-state index in [2.05, 4.69) is 10.6 Å². The van der Waals surface area contributed by atoms with E-state index in [1.165, 1.54) is 0 Å². The summed E-state index contributed by atoms with van der Waals surface area (Å²) < 4.78 is 5.25. The third-order valence-corrected chi connectivity index (χ3v) is 3.63. The smallest absolute Gasteiger partial charge is 0.254 e. The Labute approximate surface area is 141 Å². The standard InChI is InChI=1S/C16H21N3O3S/c1-11(2)14(20)18-16(23)17-13-5-3-4-12(10-13)15(21)19-6-8-22-9-7-19/h3-5,10-11H,6-9H2,1-2H3,(H2,17,18,20,23). The molecule has 1 heterocycles. The number of thiocarbonyl (C=S) groups is 1. The van der Waals surface area contributed by atoms with Crippen LogP contribution in [0.2, 0.25) is 0 Å². The Morgan fingerprint density at radius 3 is 2.61 bits per heavy atom. The molecule has 7 heteroatoms. The number of carbonyl (C=O) groups excluding carboxylic acids is 2. The number of amides is 2. The van der Waals surface area contributed by atoms with Gasteiger partial charge in [-0.3, -0.25) is 9.59 Å². The Bertz CT molecular complexity index is 598. The summed E-state index contributed by atoms with van der Waals surface area (Å²) in [5.41, 5.74) is 1.24. The molecule has 2 rings (SSSR count). The quantitative estimate of drug-likeness (QED) is 0.822. The van der Waals surface area contributed by atoms with Crippen LogP contribution in [0, 0.1) is 5.92 Å². The summed E-state index contributed by atoms with van der Waals surface area (Å²) >= 11 is 5.11. The first-order valence-corrected chi connectivity index (χ1v) is 7.97.